The monoisotopic (exact) mass is 192 g/mol. The van der Waals surface area contributed by atoms with Crippen LogP contribution in [0.2, 0.25) is 0 Å². The highest BCUT2D eigenvalue weighted by atomic mass is 16.4. The summed E-state index contributed by atoms with van der Waals surface area (Å²) in [6, 6.07) is 4.96. The Hall–Kier alpha value is -2.04. The Bertz CT molecular complexity index is 456. The van der Waals surface area contributed by atoms with E-state index in [2.05, 4.69) is 5.10 Å². The van der Waals surface area contributed by atoms with Gasteiger partial charge in [-0.2, -0.15) is 5.10 Å². The minimum absolute atomic E-state index is 0.0129. The minimum atomic E-state index is -1.04. The first-order valence-electron chi connectivity index (χ1n) is 3.99. The molecule has 5 heteroatoms. The van der Waals surface area contributed by atoms with E-state index in [1.54, 1.807) is 19.2 Å². The molecule has 1 N–H and O–H groups in total. The van der Waals surface area contributed by atoms with Crippen LogP contribution in [0.5, 0.6) is 0 Å². The molecule has 0 spiro atoms. The third kappa shape index (κ3) is 1.28. The Morgan fingerprint density at radius 3 is 2.93 bits per heavy atom. The van der Waals surface area contributed by atoms with Gasteiger partial charge in [0.1, 0.15) is 5.69 Å². The van der Waals surface area contributed by atoms with Crippen molar-refractivity contribution < 1.29 is 14.3 Å². The number of carbonyl (C=O) groups is 1. The van der Waals surface area contributed by atoms with E-state index < -0.39 is 5.97 Å². The molecule has 2 aromatic rings. The van der Waals surface area contributed by atoms with Crippen LogP contribution in [0.4, 0.5) is 0 Å². The zero-order valence-corrected chi connectivity index (χ0v) is 7.47. The highest BCUT2D eigenvalue weighted by molar-refractivity contribution is 5.86. The average molecular weight is 192 g/mol. The zero-order chi connectivity index (χ0) is 10.1. The second kappa shape index (κ2) is 3.02. The summed E-state index contributed by atoms with van der Waals surface area (Å²) in [4.78, 5) is 10.6. The van der Waals surface area contributed by atoms with E-state index in [-0.39, 0.29) is 5.69 Å². The number of rotatable bonds is 2. The van der Waals surface area contributed by atoms with Crippen LogP contribution in [0.15, 0.2) is 28.9 Å². The van der Waals surface area contributed by atoms with Crippen LogP contribution < -0.4 is 0 Å². The lowest BCUT2D eigenvalue weighted by Crippen LogP contribution is -1.99. The number of hydrogen-bond donors (Lipinski definition) is 1. The first-order chi connectivity index (χ1) is 6.68. The molecule has 2 aromatic heterocycles. The van der Waals surface area contributed by atoms with Crippen molar-refractivity contribution in [3.63, 3.8) is 0 Å². The lowest BCUT2D eigenvalue weighted by Gasteiger charge is -1.94. The van der Waals surface area contributed by atoms with E-state index in [1.807, 2.05) is 0 Å². The van der Waals surface area contributed by atoms with Gasteiger partial charge in [0.05, 0.1) is 6.26 Å². The van der Waals surface area contributed by atoms with Crippen LogP contribution >= 0.6 is 0 Å². The lowest BCUT2D eigenvalue weighted by atomic mass is 10.3. The third-order valence-corrected chi connectivity index (χ3v) is 1.87. The van der Waals surface area contributed by atoms with E-state index in [9.17, 15) is 4.79 Å². The smallest absolute Gasteiger partial charge is 0.356 e. The van der Waals surface area contributed by atoms with Crippen molar-refractivity contribution in [2.75, 3.05) is 0 Å². The van der Waals surface area contributed by atoms with E-state index in [4.69, 9.17) is 9.52 Å². The molecule has 2 heterocycles. The highest BCUT2D eigenvalue weighted by Crippen LogP contribution is 2.19. The number of nitrogens with zero attached hydrogens (tertiary/aromatic N) is 2. The van der Waals surface area contributed by atoms with Crippen molar-refractivity contribution in [1.29, 1.82) is 0 Å². The van der Waals surface area contributed by atoms with Crippen LogP contribution in [-0.4, -0.2) is 20.9 Å². The maximum atomic E-state index is 10.6. The predicted octanol–water partition coefficient (Wildman–Crippen LogP) is 1.38. The molecule has 0 aliphatic carbocycles. The van der Waals surface area contributed by atoms with Crippen LogP contribution in [0.25, 0.3) is 11.5 Å². The maximum Gasteiger partial charge on any atom is 0.356 e. The van der Waals surface area contributed by atoms with Gasteiger partial charge in [-0.25, -0.2) is 4.79 Å². The molecule has 2 rings (SSSR count). The molecule has 0 aliphatic rings. The van der Waals surface area contributed by atoms with Gasteiger partial charge in [0.25, 0.3) is 0 Å². The maximum absolute atomic E-state index is 10.6. The molecule has 5 nitrogen and oxygen atoms in total. The molecule has 0 saturated heterocycles. The molecular weight excluding hydrogens is 184 g/mol. The topological polar surface area (TPSA) is 68.3 Å². The number of aromatic nitrogens is 2. The van der Waals surface area contributed by atoms with Crippen molar-refractivity contribution in [1.82, 2.24) is 9.78 Å². The molecular formula is C9H8N2O3. The summed E-state index contributed by atoms with van der Waals surface area (Å²) in [5.41, 5.74) is 0.659. The fraction of sp³-hybridized carbons (Fsp3) is 0.111. The van der Waals surface area contributed by atoms with Gasteiger partial charge >= 0.3 is 5.97 Å². The standard InChI is InChI=1S/C9H8N2O3/c1-11-7(8-3-2-4-14-8)5-6(10-11)9(12)13/h2-5H,1H3,(H,12,13). The van der Waals surface area contributed by atoms with E-state index in [0.717, 1.165) is 0 Å². The van der Waals surface area contributed by atoms with Gasteiger partial charge in [0.2, 0.25) is 0 Å². The molecule has 0 atom stereocenters. The van der Waals surface area contributed by atoms with Crippen molar-refractivity contribution in [2.24, 2.45) is 7.05 Å². The summed E-state index contributed by atoms with van der Waals surface area (Å²) < 4.78 is 6.61. The summed E-state index contributed by atoms with van der Waals surface area (Å²) in [7, 11) is 1.67. The van der Waals surface area contributed by atoms with Gasteiger partial charge in [-0.3, -0.25) is 4.68 Å². The number of carboxylic acids is 1. The molecule has 0 unspecified atom stereocenters. The number of furan rings is 1. The van der Waals surface area contributed by atoms with Crippen molar-refractivity contribution in [3.05, 3.63) is 30.2 Å². The Morgan fingerprint density at radius 2 is 2.43 bits per heavy atom. The summed E-state index contributed by atoms with van der Waals surface area (Å²) >= 11 is 0. The van der Waals surface area contributed by atoms with Gasteiger partial charge in [-0.1, -0.05) is 0 Å². The van der Waals surface area contributed by atoms with Crippen molar-refractivity contribution in [2.45, 2.75) is 0 Å². The number of hydrogen-bond acceptors (Lipinski definition) is 3. The fourth-order valence-electron chi connectivity index (χ4n) is 1.23. The van der Waals surface area contributed by atoms with Gasteiger partial charge in [0, 0.05) is 13.1 Å². The summed E-state index contributed by atoms with van der Waals surface area (Å²) in [6.45, 7) is 0. The van der Waals surface area contributed by atoms with Crippen molar-refractivity contribution in [3.8, 4) is 11.5 Å². The Morgan fingerprint density at radius 1 is 1.64 bits per heavy atom. The molecule has 0 bridgehead atoms. The van der Waals surface area contributed by atoms with Gasteiger partial charge in [-0.05, 0) is 12.1 Å². The van der Waals surface area contributed by atoms with Gasteiger partial charge in [0.15, 0.2) is 11.5 Å². The predicted molar refractivity (Wildman–Crippen MR) is 47.9 cm³/mol. The summed E-state index contributed by atoms with van der Waals surface area (Å²) in [5, 5.41) is 12.5. The number of aryl methyl sites for hydroxylation is 1. The van der Waals surface area contributed by atoms with Crippen LogP contribution in [0.1, 0.15) is 10.5 Å². The highest BCUT2D eigenvalue weighted by Gasteiger charge is 2.13. The normalized spacial score (nSPS) is 10.4. The Balaban J connectivity index is 2.50. The van der Waals surface area contributed by atoms with Crippen LogP contribution in [0.3, 0.4) is 0 Å². The molecule has 0 aliphatic heterocycles. The first-order valence-corrected chi connectivity index (χ1v) is 3.99. The molecule has 0 amide bonds. The van der Waals surface area contributed by atoms with E-state index in [0.29, 0.717) is 11.5 Å². The van der Waals surface area contributed by atoms with Crippen LogP contribution in [-0.2, 0) is 7.05 Å². The van der Waals surface area contributed by atoms with E-state index in [1.165, 1.54) is 17.0 Å². The summed E-state index contributed by atoms with van der Waals surface area (Å²) in [6.07, 6.45) is 1.53. The molecule has 14 heavy (non-hydrogen) atoms. The summed E-state index contributed by atoms with van der Waals surface area (Å²) in [5.74, 6) is -0.439. The molecule has 72 valence electrons. The number of aromatic carboxylic acids is 1. The van der Waals surface area contributed by atoms with E-state index >= 15 is 0 Å². The zero-order valence-electron chi connectivity index (χ0n) is 7.47. The lowest BCUT2D eigenvalue weighted by molar-refractivity contribution is 0.0689. The second-order valence-electron chi connectivity index (χ2n) is 2.82. The molecule has 0 aromatic carbocycles. The molecule has 0 radical (unpaired) electrons. The van der Waals surface area contributed by atoms with Gasteiger partial charge < -0.3 is 9.52 Å². The molecule has 0 saturated carbocycles. The Kier molecular flexibility index (Phi) is 1.85. The first kappa shape index (κ1) is 8.55. The van der Waals surface area contributed by atoms with Gasteiger partial charge in [-0.15, -0.1) is 0 Å². The quantitative estimate of drug-likeness (QED) is 0.780. The molecule has 0 fully saturated rings. The average Bonchev–Trinajstić information content (AvgIpc) is 2.71. The van der Waals surface area contributed by atoms with Crippen LogP contribution in [0, 0.1) is 0 Å². The fourth-order valence-corrected chi connectivity index (χ4v) is 1.23. The van der Waals surface area contributed by atoms with Crippen molar-refractivity contribution >= 4 is 5.97 Å². The SMILES string of the molecule is Cn1nc(C(=O)O)cc1-c1ccco1. The second-order valence-corrected chi connectivity index (χ2v) is 2.82. The largest absolute Gasteiger partial charge is 0.476 e. The minimum Gasteiger partial charge on any atom is -0.476 e. The Labute approximate surface area is 79.6 Å². The number of carboxylic acid groups (broad SMARTS) is 1. The third-order valence-electron chi connectivity index (χ3n) is 1.87.